The number of hydrogen-bond donors (Lipinski definition) is 1. The summed E-state index contributed by atoms with van der Waals surface area (Å²) in [7, 11) is 0. The van der Waals surface area contributed by atoms with E-state index in [2.05, 4.69) is 20.0 Å². The van der Waals surface area contributed by atoms with Gasteiger partial charge in [-0.2, -0.15) is 0 Å². The highest BCUT2D eigenvalue weighted by molar-refractivity contribution is 7.19. The summed E-state index contributed by atoms with van der Waals surface area (Å²) in [5.74, 6) is -1.38. The van der Waals surface area contributed by atoms with E-state index >= 15 is 0 Å². The van der Waals surface area contributed by atoms with Crippen LogP contribution in [0.2, 0.25) is 0 Å². The Labute approximate surface area is 183 Å². The molecular formula is C22H13F4N3O2S. The monoisotopic (exact) mass is 459 g/mol. The quantitative estimate of drug-likeness (QED) is 0.363. The predicted molar refractivity (Wildman–Crippen MR) is 112 cm³/mol. The second-order valence-electron chi connectivity index (χ2n) is 6.44. The number of nitrogens with zero attached hydrogens (tertiary/aromatic N) is 2. The zero-order valence-electron chi connectivity index (χ0n) is 16.1. The van der Waals surface area contributed by atoms with Gasteiger partial charge in [0.05, 0.1) is 10.6 Å². The molecule has 0 unspecified atom stereocenters. The molecule has 0 saturated carbocycles. The van der Waals surface area contributed by atoms with Gasteiger partial charge in [0.25, 0.3) is 5.91 Å². The summed E-state index contributed by atoms with van der Waals surface area (Å²) in [5.41, 5.74) is 1.89. The highest BCUT2D eigenvalue weighted by atomic mass is 32.1. The predicted octanol–water partition coefficient (Wildman–Crippen LogP) is 6.16. The van der Waals surface area contributed by atoms with Crippen molar-refractivity contribution in [2.24, 2.45) is 0 Å². The largest absolute Gasteiger partial charge is 0.573 e. The fourth-order valence-corrected chi connectivity index (χ4v) is 3.80. The third-order valence-corrected chi connectivity index (χ3v) is 5.23. The molecular weight excluding hydrogens is 446 g/mol. The minimum atomic E-state index is -4.82. The molecule has 0 spiro atoms. The van der Waals surface area contributed by atoms with Crippen molar-refractivity contribution in [3.8, 4) is 27.6 Å². The first-order valence-electron chi connectivity index (χ1n) is 9.14. The SMILES string of the molecule is O=C(Nc1nc(-c2ccccn2)c(-c2ccc(F)cc2)s1)c1ccc(OC(F)(F)F)cc1. The summed E-state index contributed by atoms with van der Waals surface area (Å²) in [5, 5.41) is 2.90. The number of pyridine rings is 1. The second-order valence-corrected chi connectivity index (χ2v) is 7.44. The van der Waals surface area contributed by atoms with Gasteiger partial charge in [0.1, 0.15) is 17.3 Å². The third kappa shape index (κ3) is 5.09. The zero-order valence-corrected chi connectivity index (χ0v) is 16.9. The lowest BCUT2D eigenvalue weighted by Crippen LogP contribution is -2.17. The second kappa shape index (κ2) is 8.75. The normalized spacial score (nSPS) is 11.2. The lowest BCUT2D eigenvalue weighted by molar-refractivity contribution is -0.274. The van der Waals surface area contributed by atoms with Crippen molar-refractivity contribution in [3.05, 3.63) is 84.3 Å². The molecule has 2 aromatic carbocycles. The Hall–Kier alpha value is -3.79. The van der Waals surface area contributed by atoms with Crippen LogP contribution >= 0.6 is 11.3 Å². The van der Waals surface area contributed by atoms with E-state index in [4.69, 9.17) is 0 Å². The molecule has 2 aromatic heterocycles. The molecule has 0 atom stereocenters. The van der Waals surface area contributed by atoms with Gasteiger partial charge in [-0.1, -0.05) is 29.5 Å². The van der Waals surface area contributed by atoms with Crippen molar-refractivity contribution in [1.29, 1.82) is 0 Å². The van der Waals surface area contributed by atoms with Crippen LogP contribution in [-0.2, 0) is 0 Å². The number of halogens is 4. The first kappa shape index (κ1) is 21.4. The standard InChI is InChI=1S/C22H13F4N3O2S/c23-15-8-4-13(5-9-15)19-18(17-3-1-2-12-27-17)28-21(32-19)29-20(30)14-6-10-16(11-7-14)31-22(24,25)26/h1-12H,(H,28,29,30). The van der Waals surface area contributed by atoms with Gasteiger partial charge in [-0.05, 0) is 54.1 Å². The first-order valence-corrected chi connectivity index (χ1v) is 9.95. The fraction of sp³-hybridized carbons (Fsp3) is 0.0455. The van der Waals surface area contributed by atoms with Crippen LogP contribution in [-0.4, -0.2) is 22.2 Å². The van der Waals surface area contributed by atoms with Crippen molar-refractivity contribution in [2.75, 3.05) is 5.32 Å². The number of aromatic nitrogens is 2. The Bertz CT molecular complexity index is 1230. The van der Waals surface area contributed by atoms with Crippen molar-refractivity contribution < 1.29 is 27.1 Å². The average Bonchev–Trinajstić information content (AvgIpc) is 3.18. The number of ether oxygens (including phenoxy) is 1. The number of rotatable bonds is 5. The van der Waals surface area contributed by atoms with Gasteiger partial charge in [0.2, 0.25) is 0 Å². The van der Waals surface area contributed by atoms with Crippen LogP contribution in [0.3, 0.4) is 0 Å². The minimum Gasteiger partial charge on any atom is -0.406 e. The molecule has 0 aliphatic heterocycles. The summed E-state index contributed by atoms with van der Waals surface area (Å²) in [6.07, 6.45) is -3.21. The van der Waals surface area contributed by atoms with Crippen LogP contribution in [0.1, 0.15) is 10.4 Å². The van der Waals surface area contributed by atoms with Gasteiger partial charge in [0.15, 0.2) is 5.13 Å². The maximum Gasteiger partial charge on any atom is 0.573 e. The number of anilines is 1. The van der Waals surface area contributed by atoms with Crippen LogP contribution in [0, 0.1) is 5.82 Å². The Morgan fingerprint density at radius 1 is 0.969 bits per heavy atom. The molecule has 0 aliphatic rings. The minimum absolute atomic E-state index is 0.123. The summed E-state index contributed by atoms with van der Waals surface area (Å²) < 4.78 is 54.0. The van der Waals surface area contributed by atoms with Gasteiger partial charge in [-0.25, -0.2) is 9.37 Å². The van der Waals surface area contributed by atoms with Crippen LogP contribution in [0.15, 0.2) is 72.9 Å². The van der Waals surface area contributed by atoms with E-state index in [0.29, 0.717) is 21.8 Å². The molecule has 0 aliphatic carbocycles. The average molecular weight is 459 g/mol. The maximum absolute atomic E-state index is 13.4. The number of benzene rings is 2. The summed E-state index contributed by atoms with van der Waals surface area (Å²) >= 11 is 1.17. The van der Waals surface area contributed by atoms with Gasteiger partial charge < -0.3 is 4.74 Å². The van der Waals surface area contributed by atoms with Crippen LogP contribution < -0.4 is 10.1 Å². The lowest BCUT2D eigenvalue weighted by atomic mass is 10.1. The van der Waals surface area contributed by atoms with E-state index in [1.807, 2.05) is 0 Å². The highest BCUT2D eigenvalue weighted by Gasteiger charge is 2.31. The molecule has 10 heteroatoms. The molecule has 1 N–H and O–H groups in total. The van der Waals surface area contributed by atoms with Crippen molar-refractivity contribution in [3.63, 3.8) is 0 Å². The Morgan fingerprint density at radius 3 is 2.31 bits per heavy atom. The smallest absolute Gasteiger partial charge is 0.406 e. The molecule has 4 rings (SSSR count). The molecule has 1 amide bonds. The molecule has 5 nitrogen and oxygen atoms in total. The van der Waals surface area contributed by atoms with Gasteiger partial charge in [-0.15, -0.1) is 13.2 Å². The molecule has 4 aromatic rings. The molecule has 0 bridgehead atoms. The van der Waals surface area contributed by atoms with E-state index in [1.54, 1.807) is 36.5 Å². The number of nitrogens with one attached hydrogen (secondary N) is 1. The Kier molecular flexibility index (Phi) is 5.87. The maximum atomic E-state index is 13.4. The van der Waals surface area contributed by atoms with Gasteiger partial charge >= 0.3 is 6.36 Å². The number of amides is 1. The van der Waals surface area contributed by atoms with E-state index in [9.17, 15) is 22.4 Å². The van der Waals surface area contributed by atoms with Crippen LogP contribution in [0.5, 0.6) is 5.75 Å². The topological polar surface area (TPSA) is 64.1 Å². The molecule has 162 valence electrons. The Morgan fingerprint density at radius 2 is 1.69 bits per heavy atom. The van der Waals surface area contributed by atoms with Crippen molar-refractivity contribution in [1.82, 2.24) is 9.97 Å². The summed E-state index contributed by atoms with van der Waals surface area (Å²) in [4.78, 5) is 22.0. The van der Waals surface area contributed by atoms with Gasteiger partial charge in [0, 0.05) is 11.8 Å². The highest BCUT2D eigenvalue weighted by Crippen LogP contribution is 2.38. The number of carbonyl (C=O) groups excluding carboxylic acids is 1. The van der Waals surface area contributed by atoms with Crippen LogP contribution in [0.25, 0.3) is 21.8 Å². The van der Waals surface area contributed by atoms with E-state index in [0.717, 1.165) is 12.1 Å². The fourth-order valence-electron chi connectivity index (χ4n) is 2.82. The summed E-state index contributed by atoms with van der Waals surface area (Å²) in [6, 6.07) is 15.7. The molecule has 32 heavy (non-hydrogen) atoms. The molecule has 2 heterocycles. The Balaban J connectivity index is 1.61. The van der Waals surface area contributed by atoms with E-state index < -0.39 is 18.0 Å². The van der Waals surface area contributed by atoms with Crippen LogP contribution in [0.4, 0.5) is 22.7 Å². The van der Waals surface area contributed by atoms with E-state index in [-0.39, 0.29) is 16.5 Å². The first-order chi connectivity index (χ1) is 15.3. The number of thiazole rings is 1. The third-order valence-electron chi connectivity index (χ3n) is 4.21. The molecule has 0 fully saturated rings. The van der Waals surface area contributed by atoms with Gasteiger partial charge in [-0.3, -0.25) is 15.1 Å². The molecule has 0 radical (unpaired) electrons. The number of hydrogen-bond acceptors (Lipinski definition) is 5. The molecule has 0 saturated heterocycles. The lowest BCUT2D eigenvalue weighted by Gasteiger charge is -2.09. The zero-order chi connectivity index (χ0) is 22.7. The number of alkyl halides is 3. The van der Waals surface area contributed by atoms with Crippen molar-refractivity contribution >= 4 is 22.4 Å². The van der Waals surface area contributed by atoms with E-state index in [1.165, 1.54) is 35.6 Å². The summed E-state index contributed by atoms with van der Waals surface area (Å²) in [6.45, 7) is 0. The van der Waals surface area contributed by atoms with Crippen molar-refractivity contribution in [2.45, 2.75) is 6.36 Å². The number of carbonyl (C=O) groups is 1.